The fourth-order valence-electron chi connectivity index (χ4n) is 2.62. The first-order chi connectivity index (χ1) is 10.1. The molecule has 21 heavy (non-hydrogen) atoms. The lowest BCUT2D eigenvalue weighted by molar-refractivity contribution is 0.405. The summed E-state index contributed by atoms with van der Waals surface area (Å²) in [6.07, 6.45) is 0.856. The van der Waals surface area contributed by atoms with Gasteiger partial charge in [-0.2, -0.15) is 10.2 Å². The molecule has 1 aromatic heterocycles. The standard InChI is InChI=1S/C17H23N3O/c1-6-15-13(10-12(3)19-20-15)17(18-4)14-9-11(2)7-8-16(14)21-5/h7-10,17-18H,6H2,1-5H3. The van der Waals surface area contributed by atoms with Gasteiger partial charge in [0.25, 0.3) is 0 Å². The third-order valence-corrected chi connectivity index (χ3v) is 3.66. The molecule has 1 unspecified atom stereocenters. The molecule has 2 aromatic rings. The van der Waals surface area contributed by atoms with E-state index in [2.05, 4.69) is 47.6 Å². The molecule has 0 amide bonds. The maximum absolute atomic E-state index is 5.53. The second-order valence-electron chi connectivity index (χ2n) is 5.21. The van der Waals surface area contributed by atoms with Crippen molar-refractivity contribution in [2.45, 2.75) is 33.2 Å². The van der Waals surface area contributed by atoms with Crippen LogP contribution in [0.25, 0.3) is 0 Å². The predicted octanol–water partition coefficient (Wildman–Crippen LogP) is 2.97. The van der Waals surface area contributed by atoms with Gasteiger partial charge in [-0.05, 0) is 45.0 Å². The highest BCUT2D eigenvalue weighted by atomic mass is 16.5. The predicted molar refractivity (Wildman–Crippen MR) is 84.8 cm³/mol. The van der Waals surface area contributed by atoms with Crippen LogP contribution in [0.1, 0.15) is 41.0 Å². The summed E-state index contributed by atoms with van der Waals surface area (Å²) >= 11 is 0. The molecule has 0 aliphatic carbocycles. The van der Waals surface area contributed by atoms with Crippen LogP contribution in [0.5, 0.6) is 5.75 Å². The van der Waals surface area contributed by atoms with Gasteiger partial charge in [-0.3, -0.25) is 0 Å². The minimum absolute atomic E-state index is 0.0454. The molecule has 4 heteroatoms. The van der Waals surface area contributed by atoms with E-state index < -0.39 is 0 Å². The Morgan fingerprint density at radius 2 is 1.90 bits per heavy atom. The average molecular weight is 285 g/mol. The Bertz CT molecular complexity index is 572. The van der Waals surface area contributed by atoms with E-state index in [1.807, 2.05) is 20.0 Å². The van der Waals surface area contributed by atoms with Gasteiger partial charge in [0, 0.05) is 5.56 Å². The summed E-state index contributed by atoms with van der Waals surface area (Å²) in [4.78, 5) is 0. The zero-order chi connectivity index (χ0) is 15.4. The van der Waals surface area contributed by atoms with Crippen LogP contribution in [0, 0.1) is 13.8 Å². The number of ether oxygens (including phenoxy) is 1. The number of nitrogens with one attached hydrogen (secondary N) is 1. The van der Waals surface area contributed by atoms with Gasteiger partial charge in [-0.15, -0.1) is 0 Å². The van der Waals surface area contributed by atoms with Crippen molar-refractivity contribution in [3.05, 3.63) is 52.3 Å². The van der Waals surface area contributed by atoms with Crippen molar-refractivity contribution >= 4 is 0 Å². The first kappa shape index (κ1) is 15.4. The summed E-state index contributed by atoms with van der Waals surface area (Å²) < 4.78 is 5.53. The molecule has 0 aliphatic rings. The normalized spacial score (nSPS) is 12.2. The Kier molecular flexibility index (Phi) is 4.91. The first-order valence-electron chi connectivity index (χ1n) is 7.25. The van der Waals surface area contributed by atoms with E-state index in [9.17, 15) is 0 Å². The quantitative estimate of drug-likeness (QED) is 0.917. The lowest BCUT2D eigenvalue weighted by Gasteiger charge is -2.22. The average Bonchev–Trinajstić information content (AvgIpc) is 2.48. The summed E-state index contributed by atoms with van der Waals surface area (Å²) in [5, 5.41) is 11.9. The minimum atomic E-state index is 0.0454. The van der Waals surface area contributed by atoms with Crippen molar-refractivity contribution in [1.82, 2.24) is 15.5 Å². The third kappa shape index (κ3) is 3.22. The second-order valence-corrected chi connectivity index (χ2v) is 5.21. The molecular formula is C17H23N3O. The largest absolute Gasteiger partial charge is 0.496 e. The molecule has 1 atom stereocenters. The van der Waals surface area contributed by atoms with Crippen LogP contribution in [0.2, 0.25) is 0 Å². The number of rotatable bonds is 5. The molecule has 0 bridgehead atoms. The Balaban J connectivity index is 2.59. The summed E-state index contributed by atoms with van der Waals surface area (Å²) in [7, 11) is 3.67. The number of methoxy groups -OCH3 is 1. The molecule has 0 saturated carbocycles. The van der Waals surface area contributed by atoms with Gasteiger partial charge < -0.3 is 10.1 Å². The van der Waals surface area contributed by atoms with Crippen LogP contribution in [0.4, 0.5) is 0 Å². The molecule has 0 spiro atoms. The van der Waals surface area contributed by atoms with Crippen LogP contribution in [0.15, 0.2) is 24.3 Å². The molecule has 0 saturated heterocycles. The fraction of sp³-hybridized carbons (Fsp3) is 0.412. The van der Waals surface area contributed by atoms with Crippen molar-refractivity contribution < 1.29 is 4.74 Å². The van der Waals surface area contributed by atoms with Gasteiger partial charge in [-0.25, -0.2) is 0 Å². The van der Waals surface area contributed by atoms with E-state index in [1.54, 1.807) is 7.11 Å². The maximum Gasteiger partial charge on any atom is 0.124 e. The van der Waals surface area contributed by atoms with Crippen LogP contribution >= 0.6 is 0 Å². The number of aryl methyl sites for hydroxylation is 3. The van der Waals surface area contributed by atoms with Gasteiger partial charge in [-0.1, -0.05) is 24.6 Å². The Hall–Kier alpha value is -1.94. The summed E-state index contributed by atoms with van der Waals surface area (Å²) in [5.74, 6) is 0.886. The second kappa shape index (κ2) is 6.68. The van der Waals surface area contributed by atoms with Crippen molar-refractivity contribution in [3.8, 4) is 5.75 Å². The number of benzene rings is 1. The molecule has 0 aliphatic heterocycles. The topological polar surface area (TPSA) is 47.0 Å². The smallest absolute Gasteiger partial charge is 0.124 e. The van der Waals surface area contributed by atoms with Crippen LogP contribution in [-0.2, 0) is 6.42 Å². The van der Waals surface area contributed by atoms with E-state index in [1.165, 1.54) is 5.56 Å². The first-order valence-corrected chi connectivity index (χ1v) is 7.25. The third-order valence-electron chi connectivity index (χ3n) is 3.66. The number of nitrogens with zero attached hydrogens (tertiary/aromatic N) is 2. The molecular weight excluding hydrogens is 262 g/mol. The lowest BCUT2D eigenvalue weighted by atomic mass is 9.94. The highest BCUT2D eigenvalue weighted by Crippen LogP contribution is 2.32. The van der Waals surface area contributed by atoms with Gasteiger partial charge >= 0.3 is 0 Å². The highest BCUT2D eigenvalue weighted by molar-refractivity contribution is 5.45. The minimum Gasteiger partial charge on any atom is -0.496 e. The Labute approximate surface area is 126 Å². The van der Waals surface area contributed by atoms with E-state index in [-0.39, 0.29) is 6.04 Å². The Morgan fingerprint density at radius 3 is 2.52 bits per heavy atom. The van der Waals surface area contributed by atoms with Crippen LogP contribution < -0.4 is 10.1 Å². The van der Waals surface area contributed by atoms with Crippen molar-refractivity contribution in [2.24, 2.45) is 0 Å². The van der Waals surface area contributed by atoms with E-state index in [4.69, 9.17) is 4.74 Å². The summed E-state index contributed by atoms with van der Waals surface area (Å²) in [5.41, 5.74) is 5.44. The lowest BCUT2D eigenvalue weighted by Crippen LogP contribution is -2.21. The number of hydrogen-bond acceptors (Lipinski definition) is 4. The molecule has 1 heterocycles. The van der Waals surface area contributed by atoms with Crippen molar-refractivity contribution in [1.29, 1.82) is 0 Å². The van der Waals surface area contributed by atoms with Gasteiger partial charge in [0.1, 0.15) is 5.75 Å². The molecule has 4 nitrogen and oxygen atoms in total. The molecule has 112 valence electrons. The van der Waals surface area contributed by atoms with Gasteiger partial charge in [0.15, 0.2) is 0 Å². The van der Waals surface area contributed by atoms with Gasteiger partial charge in [0.2, 0.25) is 0 Å². The molecule has 0 fully saturated rings. The van der Waals surface area contributed by atoms with Gasteiger partial charge in [0.05, 0.1) is 24.5 Å². The highest BCUT2D eigenvalue weighted by Gasteiger charge is 2.20. The molecule has 1 aromatic carbocycles. The monoisotopic (exact) mass is 285 g/mol. The van der Waals surface area contributed by atoms with E-state index >= 15 is 0 Å². The number of hydrogen-bond donors (Lipinski definition) is 1. The van der Waals surface area contributed by atoms with E-state index in [0.717, 1.165) is 34.7 Å². The maximum atomic E-state index is 5.53. The van der Waals surface area contributed by atoms with Crippen molar-refractivity contribution in [3.63, 3.8) is 0 Å². The molecule has 0 radical (unpaired) electrons. The zero-order valence-corrected chi connectivity index (χ0v) is 13.4. The zero-order valence-electron chi connectivity index (χ0n) is 13.4. The van der Waals surface area contributed by atoms with Crippen molar-refractivity contribution in [2.75, 3.05) is 14.2 Å². The fourth-order valence-corrected chi connectivity index (χ4v) is 2.62. The molecule has 2 rings (SSSR count). The SMILES string of the molecule is CCc1nnc(C)cc1C(NC)c1cc(C)ccc1OC. The summed E-state index contributed by atoms with van der Waals surface area (Å²) in [6.45, 7) is 6.16. The van der Waals surface area contributed by atoms with Crippen LogP contribution in [0.3, 0.4) is 0 Å². The Morgan fingerprint density at radius 1 is 1.14 bits per heavy atom. The summed E-state index contributed by atoms with van der Waals surface area (Å²) in [6, 6.07) is 8.39. The van der Waals surface area contributed by atoms with E-state index in [0.29, 0.717) is 0 Å². The molecule has 1 N–H and O–H groups in total. The van der Waals surface area contributed by atoms with Crippen LogP contribution in [-0.4, -0.2) is 24.4 Å². The number of aromatic nitrogens is 2.